The first kappa shape index (κ1) is 7.88. The second-order valence-electron chi connectivity index (χ2n) is 3.49. The summed E-state index contributed by atoms with van der Waals surface area (Å²) in [7, 11) is 0. The van der Waals surface area contributed by atoms with Crippen molar-refractivity contribution in [3.8, 4) is 0 Å². The Balaban J connectivity index is 2.46. The van der Waals surface area contributed by atoms with Crippen LogP contribution in [0.25, 0.3) is 6.08 Å². The van der Waals surface area contributed by atoms with Gasteiger partial charge in [-0.3, -0.25) is 0 Å². The molecule has 1 heteroatoms. The van der Waals surface area contributed by atoms with E-state index in [0.29, 0.717) is 0 Å². The molecule has 1 atom stereocenters. The summed E-state index contributed by atoms with van der Waals surface area (Å²) in [4.78, 5) is -0.186. The molecule has 0 saturated carbocycles. The lowest BCUT2D eigenvalue weighted by Crippen LogP contribution is -2.19. The molecule has 1 aromatic rings. The molecule has 62 valence electrons. The summed E-state index contributed by atoms with van der Waals surface area (Å²) in [6.07, 6.45) is 5.10. The number of allylic oxidation sites excluding steroid dienone is 1. The molecule has 0 radical (unpaired) electrons. The molecule has 0 saturated heterocycles. The minimum absolute atomic E-state index is 0.186. The Morgan fingerprint density at radius 3 is 2.92 bits per heavy atom. The van der Waals surface area contributed by atoms with Gasteiger partial charge in [-0.1, -0.05) is 36.4 Å². The van der Waals surface area contributed by atoms with Gasteiger partial charge < -0.3 is 0 Å². The third kappa shape index (κ3) is 1.39. The van der Waals surface area contributed by atoms with Crippen molar-refractivity contribution in [2.75, 3.05) is 0 Å². The average Bonchev–Trinajstić information content (AvgIpc) is 2.02. The fraction of sp³-hybridized carbons (Fsp3) is 0.273. The zero-order valence-corrected chi connectivity index (χ0v) is 7.81. The minimum Gasteiger partial charge on any atom is -0.115 e. The number of rotatable bonds is 0. The van der Waals surface area contributed by atoms with Gasteiger partial charge in [0.05, 0.1) is 4.87 Å². The van der Waals surface area contributed by atoms with E-state index in [4.69, 9.17) is 11.6 Å². The van der Waals surface area contributed by atoms with Crippen LogP contribution in [-0.4, -0.2) is 4.87 Å². The van der Waals surface area contributed by atoms with E-state index in [9.17, 15) is 0 Å². The Kier molecular flexibility index (Phi) is 1.73. The van der Waals surface area contributed by atoms with Crippen LogP contribution in [0.2, 0.25) is 0 Å². The van der Waals surface area contributed by atoms with E-state index in [1.807, 2.05) is 6.92 Å². The number of halogens is 1. The van der Waals surface area contributed by atoms with Gasteiger partial charge in [-0.15, -0.1) is 11.6 Å². The molecule has 2 rings (SSSR count). The molecular weight excluding hydrogens is 168 g/mol. The molecule has 0 nitrogen and oxygen atoms in total. The van der Waals surface area contributed by atoms with Gasteiger partial charge in [-0.2, -0.15) is 0 Å². The molecule has 1 aliphatic carbocycles. The zero-order chi connectivity index (χ0) is 8.60. The Morgan fingerprint density at radius 2 is 2.08 bits per heavy atom. The molecule has 0 aliphatic heterocycles. The summed E-state index contributed by atoms with van der Waals surface area (Å²) < 4.78 is 0. The van der Waals surface area contributed by atoms with Gasteiger partial charge in [-0.25, -0.2) is 0 Å². The molecule has 1 unspecified atom stereocenters. The Labute approximate surface area is 77.9 Å². The van der Waals surface area contributed by atoms with Crippen LogP contribution in [0.3, 0.4) is 0 Å². The third-order valence-electron chi connectivity index (χ3n) is 2.20. The lowest BCUT2D eigenvalue weighted by atomic mass is 9.90. The summed E-state index contributed by atoms with van der Waals surface area (Å²) in [5.41, 5.74) is 2.65. The number of fused-ring (bicyclic) bond motifs is 1. The van der Waals surface area contributed by atoms with Gasteiger partial charge in [0.25, 0.3) is 0 Å². The monoisotopic (exact) mass is 178 g/mol. The molecule has 0 amide bonds. The molecule has 0 N–H and O–H groups in total. The van der Waals surface area contributed by atoms with E-state index in [1.54, 1.807) is 0 Å². The smallest absolute Gasteiger partial charge is 0.0641 e. The van der Waals surface area contributed by atoms with Crippen LogP contribution in [0.1, 0.15) is 18.1 Å². The molecule has 0 spiro atoms. The number of hydrogen-bond donors (Lipinski definition) is 0. The molecule has 0 bridgehead atoms. The minimum atomic E-state index is -0.186. The van der Waals surface area contributed by atoms with E-state index in [2.05, 4.69) is 36.4 Å². The number of benzene rings is 1. The summed E-state index contributed by atoms with van der Waals surface area (Å²) in [5, 5.41) is 0. The van der Waals surface area contributed by atoms with Crippen LogP contribution in [0, 0.1) is 0 Å². The molecule has 0 fully saturated rings. The van der Waals surface area contributed by atoms with Gasteiger partial charge in [0, 0.05) is 0 Å². The van der Waals surface area contributed by atoms with Crippen LogP contribution in [0.15, 0.2) is 30.3 Å². The van der Waals surface area contributed by atoms with E-state index in [0.717, 1.165) is 6.42 Å². The van der Waals surface area contributed by atoms with Crippen molar-refractivity contribution in [1.29, 1.82) is 0 Å². The van der Waals surface area contributed by atoms with Gasteiger partial charge in [0.15, 0.2) is 0 Å². The standard InChI is InChI=1S/C11H11Cl/c1-11(12)7-6-9-4-2-3-5-10(9)8-11/h2-7H,8H2,1H3. The first-order valence-electron chi connectivity index (χ1n) is 4.13. The van der Waals surface area contributed by atoms with E-state index in [-0.39, 0.29) is 4.87 Å². The van der Waals surface area contributed by atoms with Crippen molar-refractivity contribution in [3.63, 3.8) is 0 Å². The van der Waals surface area contributed by atoms with E-state index in [1.165, 1.54) is 11.1 Å². The highest BCUT2D eigenvalue weighted by molar-refractivity contribution is 6.25. The normalized spacial score (nSPS) is 26.8. The van der Waals surface area contributed by atoms with E-state index < -0.39 is 0 Å². The predicted molar refractivity (Wildman–Crippen MR) is 53.4 cm³/mol. The maximum Gasteiger partial charge on any atom is 0.0641 e. The maximum absolute atomic E-state index is 6.21. The van der Waals surface area contributed by atoms with Crippen LogP contribution in [-0.2, 0) is 6.42 Å². The predicted octanol–water partition coefficient (Wildman–Crippen LogP) is 3.25. The maximum atomic E-state index is 6.21. The highest BCUT2D eigenvalue weighted by Gasteiger charge is 2.21. The third-order valence-corrected chi connectivity index (χ3v) is 2.46. The van der Waals surface area contributed by atoms with Gasteiger partial charge >= 0.3 is 0 Å². The van der Waals surface area contributed by atoms with Crippen molar-refractivity contribution in [2.24, 2.45) is 0 Å². The number of alkyl halides is 1. The average molecular weight is 179 g/mol. The quantitative estimate of drug-likeness (QED) is 0.535. The van der Waals surface area contributed by atoms with Gasteiger partial charge in [-0.05, 0) is 24.5 Å². The Morgan fingerprint density at radius 1 is 1.33 bits per heavy atom. The molecule has 0 aromatic heterocycles. The summed E-state index contributed by atoms with van der Waals surface area (Å²) in [6, 6.07) is 8.38. The second kappa shape index (κ2) is 2.63. The number of hydrogen-bond acceptors (Lipinski definition) is 0. The van der Waals surface area contributed by atoms with Crippen LogP contribution in [0.5, 0.6) is 0 Å². The summed E-state index contributed by atoms with van der Waals surface area (Å²) in [6.45, 7) is 2.04. The van der Waals surface area contributed by atoms with Crippen molar-refractivity contribution in [1.82, 2.24) is 0 Å². The van der Waals surface area contributed by atoms with Crippen LogP contribution in [0.4, 0.5) is 0 Å². The highest BCUT2D eigenvalue weighted by Crippen LogP contribution is 2.29. The van der Waals surface area contributed by atoms with Crippen molar-refractivity contribution >= 4 is 17.7 Å². The summed E-state index contributed by atoms with van der Waals surface area (Å²) >= 11 is 6.21. The van der Waals surface area contributed by atoms with Crippen LogP contribution >= 0.6 is 11.6 Å². The Bertz CT molecular complexity index is 324. The molecular formula is C11H11Cl. The van der Waals surface area contributed by atoms with Crippen molar-refractivity contribution in [2.45, 2.75) is 18.2 Å². The largest absolute Gasteiger partial charge is 0.115 e. The molecule has 1 aliphatic rings. The van der Waals surface area contributed by atoms with Crippen LogP contribution < -0.4 is 0 Å². The lowest BCUT2D eigenvalue weighted by Gasteiger charge is -2.23. The van der Waals surface area contributed by atoms with Gasteiger partial charge in [0.2, 0.25) is 0 Å². The van der Waals surface area contributed by atoms with E-state index >= 15 is 0 Å². The second-order valence-corrected chi connectivity index (χ2v) is 4.35. The fourth-order valence-electron chi connectivity index (χ4n) is 1.55. The van der Waals surface area contributed by atoms with Crippen molar-refractivity contribution in [3.05, 3.63) is 41.5 Å². The summed E-state index contributed by atoms with van der Waals surface area (Å²) in [5.74, 6) is 0. The zero-order valence-electron chi connectivity index (χ0n) is 7.05. The SMILES string of the molecule is CC1(Cl)C=Cc2ccccc2C1. The molecule has 12 heavy (non-hydrogen) atoms. The molecule has 1 aromatic carbocycles. The lowest BCUT2D eigenvalue weighted by molar-refractivity contribution is 0.761. The molecule has 0 heterocycles. The van der Waals surface area contributed by atoms with Gasteiger partial charge in [0.1, 0.15) is 0 Å². The highest BCUT2D eigenvalue weighted by atomic mass is 35.5. The van der Waals surface area contributed by atoms with Crippen molar-refractivity contribution < 1.29 is 0 Å². The first-order chi connectivity index (χ1) is 5.67. The Hall–Kier alpha value is -0.750. The first-order valence-corrected chi connectivity index (χ1v) is 4.51. The topological polar surface area (TPSA) is 0 Å². The fourth-order valence-corrected chi connectivity index (χ4v) is 1.76.